The lowest BCUT2D eigenvalue weighted by Gasteiger charge is -2.19. The van der Waals surface area contributed by atoms with Gasteiger partial charge in [0.1, 0.15) is 5.82 Å². The Morgan fingerprint density at radius 2 is 2.21 bits per heavy atom. The molecule has 0 bridgehead atoms. The molecule has 0 spiro atoms. The quantitative estimate of drug-likeness (QED) is 0.930. The molecule has 2 rings (SSSR count). The fourth-order valence-corrected chi connectivity index (χ4v) is 2.49. The summed E-state index contributed by atoms with van der Waals surface area (Å²) in [5.74, 6) is -0.185. The van der Waals surface area contributed by atoms with Crippen LogP contribution in [0, 0.1) is 13.8 Å². The smallest absolute Gasteiger partial charge is 0.337 e. The van der Waals surface area contributed by atoms with E-state index < -0.39 is 5.97 Å². The Kier molecular flexibility index (Phi) is 3.80. The van der Waals surface area contributed by atoms with Gasteiger partial charge in [-0.1, -0.05) is 0 Å². The summed E-state index contributed by atoms with van der Waals surface area (Å²) < 4.78 is 0. The highest BCUT2D eigenvalue weighted by atomic mass is 32.1. The maximum absolute atomic E-state index is 10.9. The zero-order chi connectivity index (χ0) is 14.0. The number of pyridine rings is 1. The van der Waals surface area contributed by atoms with E-state index in [0.717, 1.165) is 22.1 Å². The molecule has 0 aliphatic heterocycles. The van der Waals surface area contributed by atoms with Crippen LogP contribution in [0.5, 0.6) is 0 Å². The first-order chi connectivity index (χ1) is 8.97. The van der Waals surface area contributed by atoms with Crippen LogP contribution < -0.4 is 4.90 Å². The first-order valence-corrected chi connectivity index (χ1v) is 6.67. The average Bonchev–Trinajstić information content (AvgIpc) is 2.74. The molecule has 0 fully saturated rings. The van der Waals surface area contributed by atoms with Gasteiger partial charge in [0.2, 0.25) is 0 Å². The third kappa shape index (κ3) is 3.08. The van der Waals surface area contributed by atoms with Crippen molar-refractivity contribution in [1.82, 2.24) is 9.97 Å². The number of aromatic nitrogens is 2. The number of nitrogens with zero attached hydrogens (tertiary/aromatic N) is 3. The number of hydrogen-bond acceptors (Lipinski definition) is 5. The van der Waals surface area contributed by atoms with E-state index >= 15 is 0 Å². The predicted molar refractivity (Wildman–Crippen MR) is 74.9 cm³/mol. The highest BCUT2D eigenvalue weighted by molar-refractivity contribution is 7.09. The van der Waals surface area contributed by atoms with Gasteiger partial charge in [0.05, 0.1) is 22.8 Å². The first kappa shape index (κ1) is 13.5. The molecule has 0 radical (unpaired) electrons. The molecule has 6 heteroatoms. The second-order valence-corrected chi connectivity index (χ2v) is 5.45. The Morgan fingerprint density at radius 3 is 2.74 bits per heavy atom. The molecule has 0 saturated carbocycles. The summed E-state index contributed by atoms with van der Waals surface area (Å²) in [5.41, 5.74) is 2.04. The summed E-state index contributed by atoms with van der Waals surface area (Å²) >= 11 is 1.62. The molecular formula is C13H15N3O2S. The molecule has 100 valence electrons. The number of anilines is 1. The molecule has 2 aromatic rings. The van der Waals surface area contributed by atoms with Crippen molar-refractivity contribution in [3.8, 4) is 0 Å². The summed E-state index contributed by atoms with van der Waals surface area (Å²) in [6.45, 7) is 4.49. The van der Waals surface area contributed by atoms with Crippen molar-refractivity contribution >= 4 is 23.1 Å². The lowest BCUT2D eigenvalue weighted by molar-refractivity contribution is 0.0696. The number of aryl methyl sites for hydroxylation is 2. The van der Waals surface area contributed by atoms with E-state index in [9.17, 15) is 4.79 Å². The van der Waals surface area contributed by atoms with Gasteiger partial charge in [0.25, 0.3) is 0 Å². The number of thiazole rings is 1. The molecule has 0 amide bonds. The number of carbonyl (C=O) groups is 1. The molecule has 5 nitrogen and oxygen atoms in total. The normalized spacial score (nSPS) is 10.5. The topological polar surface area (TPSA) is 66.3 Å². The molecule has 1 N–H and O–H groups in total. The predicted octanol–water partition coefficient (Wildman–Crippen LogP) is 2.49. The summed E-state index contributed by atoms with van der Waals surface area (Å²) in [7, 11) is 1.92. The number of hydrogen-bond donors (Lipinski definition) is 1. The molecule has 0 unspecified atom stereocenters. The minimum Gasteiger partial charge on any atom is -0.478 e. The van der Waals surface area contributed by atoms with Crippen LogP contribution in [0.4, 0.5) is 5.82 Å². The molecule has 0 saturated heterocycles. The van der Waals surface area contributed by atoms with Crippen LogP contribution in [-0.4, -0.2) is 28.1 Å². The van der Waals surface area contributed by atoms with Crippen LogP contribution >= 0.6 is 11.3 Å². The van der Waals surface area contributed by atoms with Crippen LogP contribution in [-0.2, 0) is 6.54 Å². The van der Waals surface area contributed by atoms with Gasteiger partial charge in [0, 0.05) is 18.6 Å². The maximum atomic E-state index is 10.9. The Morgan fingerprint density at radius 1 is 1.47 bits per heavy atom. The van der Waals surface area contributed by atoms with Gasteiger partial charge in [-0.05, 0) is 25.5 Å². The van der Waals surface area contributed by atoms with Crippen molar-refractivity contribution in [1.29, 1.82) is 0 Å². The molecule has 0 atom stereocenters. The average molecular weight is 277 g/mol. The molecule has 19 heavy (non-hydrogen) atoms. The van der Waals surface area contributed by atoms with Crippen LogP contribution in [0.3, 0.4) is 0 Å². The van der Waals surface area contributed by atoms with E-state index in [1.165, 1.54) is 6.20 Å². The molecular weight excluding hydrogens is 262 g/mol. The van der Waals surface area contributed by atoms with E-state index in [4.69, 9.17) is 5.11 Å². The summed E-state index contributed by atoms with van der Waals surface area (Å²) in [6, 6.07) is 1.63. The fourth-order valence-electron chi connectivity index (χ4n) is 1.88. The summed E-state index contributed by atoms with van der Waals surface area (Å²) in [5, 5.41) is 12.0. The van der Waals surface area contributed by atoms with Gasteiger partial charge < -0.3 is 10.0 Å². The molecule has 0 aromatic carbocycles. The van der Waals surface area contributed by atoms with E-state index in [-0.39, 0.29) is 5.56 Å². The maximum Gasteiger partial charge on any atom is 0.337 e. The van der Waals surface area contributed by atoms with Crippen LogP contribution in [0.2, 0.25) is 0 Å². The summed E-state index contributed by atoms with van der Waals surface area (Å²) in [4.78, 5) is 21.5. The van der Waals surface area contributed by atoms with Gasteiger partial charge in [0.15, 0.2) is 0 Å². The summed E-state index contributed by atoms with van der Waals surface area (Å²) in [6.07, 6.45) is 1.38. The van der Waals surface area contributed by atoms with Crippen molar-refractivity contribution in [2.45, 2.75) is 20.4 Å². The van der Waals surface area contributed by atoms with Crippen molar-refractivity contribution < 1.29 is 9.90 Å². The zero-order valence-corrected chi connectivity index (χ0v) is 11.9. The third-order valence-corrected chi connectivity index (χ3v) is 3.55. The number of carboxylic acids is 1. The second-order valence-electron chi connectivity index (χ2n) is 4.38. The Labute approximate surface area is 115 Å². The lowest BCUT2D eigenvalue weighted by Crippen LogP contribution is -2.19. The van der Waals surface area contributed by atoms with Gasteiger partial charge in [-0.15, -0.1) is 11.3 Å². The highest BCUT2D eigenvalue weighted by Crippen LogP contribution is 2.19. The van der Waals surface area contributed by atoms with Gasteiger partial charge in [-0.25, -0.2) is 14.8 Å². The first-order valence-electron chi connectivity index (χ1n) is 5.79. The van der Waals surface area contributed by atoms with Crippen molar-refractivity contribution in [3.05, 3.63) is 39.5 Å². The van der Waals surface area contributed by atoms with Crippen LogP contribution in [0.15, 0.2) is 17.6 Å². The molecule has 0 aliphatic carbocycles. The van der Waals surface area contributed by atoms with Gasteiger partial charge >= 0.3 is 5.97 Å². The molecule has 2 aromatic heterocycles. The van der Waals surface area contributed by atoms with E-state index in [2.05, 4.69) is 9.97 Å². The zero-order valence-electron chi connectivity index (χ0n) is 11.0. The van der Waals surface area contributed by atoms with E-state index in [1.807, 2.05) is 31.2 Å². The van der Waals surface area contributed by atoms with Crippen molar-refractivity contribution in [2.75, 3.05) is 11.9 Å². The van der Waals surface area contributed by atoms with Gasteiger partial charge in [-0.3, -0.25) is 0 Å². The fraction of sp³-hybridized carbons (Fsp3) is 0.308. The standard InChI is InChI=1S/C13H15N3O2S/c1-8-4-10(13(17)18)5-14-12(8)16(3)6-11-7-19-9(2)15-11/h4-5,7H,6H2,1-3H3,(H,17,18). The van der Waals surface area contributed by atoms with Gasteiger partial charge in [-0.2, -0.15) is 0 Å². The Balaban J connectivity index is 2.19. The van der Waals surface area contributed by atoms with Crippen LogP contribution in [0.25, 0.3) is 0 Å². The molecule has 2 heterocycles. The Hall–Kier alpha value is -1.95. The van der Waals surface area contributed by atoms with Crippen LogP contribution in [0.1, 0.15) is 26.6 Å². The molecule has 0 aliphatic rings. The Bertz CT molecular complexity index is 610. The minimum absolute atomic E-state index is 0.208. The minimum atomic E-state index is -0.958. The largest absolute Gasteiger partial charge is 0.478 e. The SMILES string of the molecule is Cc1nc(CN(C)c2ncc(C(=O)O)cc2C)cs1. The van der Waals surface area contributed by atoms with Crippen molar-refractivity contribution in [2.24, 2.45) is 0 Å². The number of aromatic carboxylic acids is 1. The monoisotopic (exact) mass is 277 g/mol. The lowest BCUT2D eigenvalue weighted by atomic mass is 10.2. The van der Waals surface area contributed by atoms with E-state index in [1.54, 1.807) is 17.4 Å². The number of rotatable bonds is 4. The third-order valence-electron chi connectivity index (χ3n) is 2.72. The second kappa shape index (κ2) is 5.36. The van der Waals surface area contributed by atoms with Crippen molar-refractivity contribution in [3.63, 3.8) is 0 Å². The highest BCUT2D eigenvalue weighted by Gasteiger charge is 2.11. The number of carboxylic acid groups (broad SMARTS) is 1. The van der Waals surface area contributed by atoms with E-state index in [0.29, 0.717) is 6.54 Å².